The van der Waals surface area contributed by atoms with Gasteiger partial charge in [0.15, 0.2) is 0 Å². The summed E-state index contributed by atoms with van der Waals surface area (Å²) in [5, 5.41) is 6.11. The van der Waals surface area contributed by atoms with E-state index in [4.69, 9.17) is 0 Å². The summed E-state index contributed by atoms with van der Waals surface area (Å²) >= 11 is 0. The van der Waals surface area contributed by atoms with Crippen molar-refractivity contribution in [2.75, 3.05) is 11.9 Å². The highest BCUT2D eigenvalue weighted by atomic mass is 35.5. The maximum Gasteiger partial charge on any atom is 0.0419 e. The Kier molecular flexibility index (Phi) is 5.13. The summed E-state index contributed by atoms with van der Waals surface area (Å²) < 4.78 is 0. The first-order chi connectivity index (χ1) is 7.42. The smallest absolute Gasteiger partial charge is 0.0419 e. The van der Waals surface area contributed by atoms with Gasteiger partial charge in [0.05, 0.1) is 0 Å². The van der Waals surface area contributed by atoms with Crippen LogP contribution in [-0.4, -0.2) is 6.54 Å². The summed E-state index contributed by atoms with van der Waals surface area (Å²) in [7, 11) is 0. The van der Waals surface area contributed by atoms with Crippen LogP contribution >= 0.6 is 12.4 Å². The van der Waals surface area contributed by atoms with Gasteiger partial charge in [-0.15, -0.1) is 12.4 Å². The molecule has 0 atom stereocenters. The molecule has 0 aliphatic rings. The first-order valence-electron chi connectivity index (χ1n) is 5.63. The van der Waals surface area contributed by atoms with Crippen LogP contribution in [0.5, 0.6) is 0 Å². The van der Waals surface area contributed by atoms with Gasteiger partial charge in [-0.3, -0.25) is 0 Å². The van der Waals surface area contributed by atoms with Crippen molar-refractivity contribution in [1.29, 1.82) is 0 Å². The molecule has 16 heavy (non-hydrogen) atoms. The van der Waals surface area contributed by atoms with Crippen LogP contribution in [0.25, 0.3) is 10.8 Å². The molecule has 86 valence electrons. The molecule has 0 heterocycles. The molecule has 1 nitrogen and oxygen atoms in total. The number of fused-ring (bicyclic) bond motifs is 1. The monoisotopic (exact) mass is 235 g/mol. The lowest BCUT2D eigenvalue weighted by molar-refractivity contribution is 0.835. The van der Waals surface area contributed by atoms with Gasteiger partial charge >= 0.3 is 0 Å². The molecule has 2 rings (SSSR count). The average molecular weight is 236 g/mol. The quantitative estimate of drug-likeness (QED) is 0.771. The fourth-order valence-corrected chi connectivity index (χ4v) is 1.78. The molecule has 0 aliphatic carbocycles. The zero-order valence-electron chi connectivity index (χ0n) is 9.57. The van der Waals surface area contributed by atoms with Gasteiger partial charge in [-0.05, 0) is 17.9 Å². The number of nitrogens with one attached hydrogen (secondary N) is 1. The minimum Gasteiger partial charge on any atom is -0.385 e. The van der Waals surface area contributed by atoms with Crippen LogP contribution in [-0.2, 0) is 0 Å². The third kappa shape index (κ3) is 2.89. The Morgan fingerprint density at radius 2 is 1.75 bits per heavy atom. The van der Waals surface area contributed by atoms with E-state index in [1.165, 1.54) is 29.3 Å². The fourth-order valence-electron chi connectivity index (χ4n) is 1.78. The molecule has 2 aromatic carbocycles. The molecule has 0 radical (unpaired) electrons. The van der Waals surface area contributed by atoms with Crippen molar-refractivity contribution in [3.63, 3.8) is 0 Å². The Balaban J connectivity index is 0.00000128. The molecule has 2 heteroatoms. The van der Waals surface area contributed by atoms with Gasteiger partial charge < -0.3 is 5.32 Å². The van der Waals surface area contributed by atoms with Crippen molar-refractivity contribution >= 4 is 28.9 Å². The van der Waals surface area contributed by atoms with Crippen molar-refractivity contribution in [3.8, 4) is 0 Å². The summed E-state index contributed by atoms with van der Waals surface area (Å²) in [4.78, 5) is 0. The summed E-state index contributed by atoms with van der Waals surface area (Å²) in [5.41, 5.74) is 1.25. The molecule has 0 amide bonds. The second kappa shape index (κ2) is 6.39. The maximum atomic E-state index is 3.49. The zero-order valence-corrected chi connectivity index (χ0v) is 10.4. The average Bonchev–Trinajstić information content (AvgIpc) is 2.30. The number of halogens is 1. The van der Waals surface area contributed by atoms with E-state index in [-0.39, 0.29) is 12.4 Å². The number of unbranched alkanes of at least 4 members (excludes halogenated alkanes) is 1. The molecular formula is C14H18ClN. The van der Waals surface area contributed by atoms with E-state index in [0.717, 1.165) is 6.54 Å². The van der Waals surface area contributed by atoms with Crippen molar-refractivity contribution in [1.82, 2.24) is 0 Å². The Morgan fingerprint density at radius 1 is 1.00 bits per heavy atom. The summed E-state index contributed by atoms with van der Waals surface area (Å²) in [6.45, 7) is 3.27. The van der Waals surface area contributed by atoms with Gasteiger partial charge in [0.1, 0.15) is 0 Å². The van der Waals surface area contributed by atoms with E-state index in [1.807, 2.05) is 0 Å². The summed E-state index contributed by atoms with van der Waals surface area (Å²) in [5.74, 6) is 0. The Bertz CT molecular complexity index is 434. The van der Waals surface area contributed by atoms with E-state index in [0.29, 0.717) is 0 Å². The van der Waals surface area contributed by atoms with Gasteiger partial charge in [-0.2, -0.15) is 0 Å². The van der Waals surface area contributed by atoms with Gasteiger partial charge in [0.25, 0.3) is 0 Å². The normalized spacial score (nSPS) is 9.81. The SMILES string of the molecule is CCCCNc1cccc2ccccc12.Cl. The molecule has 0 fully saturated rings. The third-order valence-corrected chi connectivity index (χ3v) is 2.64. The molecule has 0 aromatic heterocycles. The van der Waals surface area contributed by atoms with Crippen LogP contribution < -0.4 is 5.32 Å². The van der Waals surface area contributed by atoms with Crippen LogP contribution in [0.4, 0.5) is 5.69 Å². The molecule has 0 saturated carbocycles. The number of benzene rings is 2. The fraction of sp³-hybridized carbons (Fsp3) is 0.286. The Labute approximate surface area is 103 Å². The largest absolute Gasteiger partial charge is 0.385 e. The van der Waals surface area contributed by atoms with Gasteiger partial charge in [-0.1, -0.05) is 49.7 Å². The predicted molar refractivity (Wildman–Crippen MR) is 74.6 cm³/mol. The van der Waals surface area contributed by atoms with E-state index in [1.54, 1.807) is 0 Å². The highest BCUT2D eigenvalue weighted by molar-refractivity contribution is 5.93. The second-order valence-corrected chi connectivity index (χ2v) is 3.81. The molecule has 2 aromatic rings. The second-order valence-electron chi connectivity index (χ2n) is 3.81. The lowest BCUT2D eigenvalue weighted by atomic mass is 10.1. The molecule has 0 saturated heterocycles. The summed E-state index contributed by atoms with van der Waals surface area (Å²) in [6.07, 6.45) is 2.46. The topological polar surface area (TPSA) is 12.0 Å². The van der Waals surface area contributed by atoms with Gasteiger partial charge in [0.2, 0.25) is 0 Å². The minimum atomic E-state index is 0. The van der Waals surface area contributed by atoms with E-state index < -0.39 is 0 Å². The van der Waals surface area contributed by atoms with Gasteiger partial charge in [0, 0.05) is 17.6 Å². The van der Waals surface area contributed by atoms with Crippen LogP contribution in [0.15, 0.2) is 42.5 Å². The van der Waals surface area contributed by atoms with Crippen LogP contribution in [0.3, 0.4) is 0 Å². The zero-order chi connectivity index (χ0) is 10.5. The molecule has 0 bridgehead atoms. The Hall–Kier alpha value is -1.21. The summed E-state index contributed by atoms with van der Waals surface area (Å²) in [6, 6.07) is 14.9. The number of hydrogen-bond acceptors (Lipinski definition) is 1. The Morgan fingerprint density at radius 3 is 2.56 bits per heavy atom. The van der Waals surface area contributed by atoms with Crippen LogP contribution in [0.2, 0.25) is 0 Å². The van der Waals surface area contributed by atoms with E-state index in [2.05, 4.69) is 54.7 Å². The number of anilines is 1. The molecule has 0 spiro atoms. The van der Waals surface area contributed by atoms with Crippen LogP contribution in [0.1, 0.15) is 19.8 Å². The first kappa shape index (κ1) is 12.9. The van der Waals surface area contributed by atoms with Crippen LogP contribution in [0, 0.1) is 0 Å². The van der Waals surface area contributed by atoms with Crippen molar-refractivity contribution in [3.05, 3.63) is 42.5 Å². The lowest BCUT2D eigenvalue weighted by Crippen LogP contribution is -2.00. The first-order valence-corrected chi connectivity index (χ1v) is 5.63. The van der Waals surface area contributed by atoms with E-state index >= 15 is 0 Å². The molecule has 0 unspecified atom stereocenters. The highest BCUT2D eigenvalue weighted by Crippen LogP contribution is 2.22. The highest BCUT2D eigenvalue weighted by Gasteiger charge is 1.97. The molecule has 0 aliphatic heterocycles. The molecular weight excluding hydrogens is 218 g/mol. The number of rotatable bonds is 4. The van der Waals surface area contributed by atoms with Crippen molar-refractivity contribution < 1.29 is 0 Å². The van der Waals surface area contributed by atoms with Gasteiger partial charge in [-0.25, -0.2) is 0 Å². The lowest BCUT2D eigenvalue weighted by Gasteiger charge is -2.08. The minimum absolute atomic E-state index is 0. The standard InChI is InChI=1S/C14H17N.ClH/c1-2-3-11-15-14-10-6-8-12-7-4-5-9-13(12)14;/h4-10,15H,2-3,11H2,1H3;1H. The number of hydrogen-bond donors (Lipinski definition) is 1. The third-order valence-electron chi connectivity index (χ3n) is 2.64. The van der Waals surface area contributed by atoms with Crippen molar-refractivity contribution in [2.45, 2.75) is 19.8 Å². The van der Waals surface area contributed by atoms with E-state index in [9.17, 15) is 0 Å². The maximum absolute atomic E-state index is 3.49. The van der Waals surface area contributed by atoms with Crippen molar-refractivity contribution in [2.24, 2.45) is 0 Å². The molecule has 1 N–H and O–H groups in total. The predicted octanol–water partition coefficient (Wildman–Crippen LogP) is 4.47.